The Hall–Kier alpha value is -0.830. The topological polar surface area (TPSA) is 46.5 Å². The Bertz CT molecular complexity index is 201. The van der Waals surface area contributed by atoms with Crippen LogP contribution in [0.5, 0.6) is 0 Å². The molecule has 1 unspecified atom stereocenters. The molecule has 0 bridgehead atoms. The molecule has 1 atom stereocenters. The van der Waals surface area contributed by atoms with E-state index in [0.717, 1.165) is 18.6 Å². The van der Waals surface area contributed by atoms with E-state index in [9.17, 15) is 4.79 Å². The molecule has 0 aromatic heterocycles. The van der Waals surface area contributed by atoms with Crippen molar-refractivity contribution in [3.63, 3.8) is 0 Å². The maximum Gasteiger partial charge on any atom is 0.331 e. The molecule has 1 heterocycles. The highest BCUT2D eigenvalue weighted by molar-refractivity contribution is 5.86. The number of ether oxygens (including phenoxy) is 1. The second kappa shape index (κ2) is 3.05. The number of hydrogen-bond acceptors (Lipinski definition) is 2. The van der Waals surface area contributed by atoms with Crippen molar-refractivity contribution in [1.82, 2.24) is 0 Å². The molecule has 1 aliphatic rings. The normalized spacial score (nSPS) is 25.5. The van der Waals surface area contributed by atoms with Gasteiger partial charge in [0.25, 0.3) is 0 Å². The van der Waals surface area contributed by atoms with Crippen LogP contribution in [0.25, 0.3) is 0 Å². The molecule has 0 amide bonds. The molecule has 62 valence electrons. The number of carboxylic acids is 1. The zero-order valence-corrected chi connectivity index (χ0v) is 6.76. The Balaban J connectivity index is 2.68. The lowest BCUT2D eigenvalue weighted by molar-refractivity contribution is -0.132. The molecule has 3 heteroatoms. The first-order valence-corrected chi connectivity index (χ1v) is 3.65. The third-order valence-corrected chi connectivity index (χ3v) is 2.09. The molecule has 0 aliphatic carbocycles. The van der Waals surface area contributed by atoms with Crippen molar-refractivity contribution in [2.75, 3.05) is 6.61 Å². The molecule has 1 aliphatic heterocycles. The summed E-state index contributed by atoms with van der Waals surface area (Å²) in [4.78, 5) is 10.5. The van der Waals surface area contributed by atoms with Gasteiger partial charge in [-0.3, -0.25) is 0 Å². The number of carboxylic acid groups (broad SMARTS) is 1. The molecule has 0 spiro atoms. The molecule has 1 saturated heterocycles. The lowest BCUT2D eigenvalue weighted by Gasteiger charge is -2.27. The fraction of sp³-hybridized carbons (Fsp3) is 0.625. The SMILES string of the molecule is CC(C(=O)O)=C(C)C1CCO1. The lowest BCUT2D eigenvalue weighted by Crippen LogP contribution is -2.29. The van der Waals surface area contributed by atoms with Crippen molar-refractivity contribution in [1.29, 1.82) is 0 Å². The van der Waals surface area contributed by atoms with Crippen LogP contribution in [0.1, 0.15) is 20.3 Å². The monoisotopic (exact) mass is 156 g/mol. The zero-order chi connectivity index (χ0) is 8.43. The van der Waals surface area contributed by atoms with Gasteiger partial charge in [0.05, 0.1) is 12.7 Å². The first kappa shape index (κ1) is 8.27. The quantitative estimate of drug-likeness (QED) is 0.611. The van der Waals surface area contributed by atoms with Crippen molar-refractivity contribution in [3.8, 4) is 0 Å². The van der Waals surface area contributed by atoms with Gasteiger partial charge in [-0.1, -0.05) is 0 Å². The molecule has 1 N–H and O–H groups in total. The Kier molecular flexibility index (Phi) is 2.29. The van der Waals surface area contributed by atoms with E-state index in [2.05, 4.69) is 0 Å². The van der Waals surface area contributed by atoms with E-state index in [1.165, 1.54) is 0 Å². The third-order valence-electron chi connectivity index (χ3n) is 2.09. The van der Waals surface area contributed by atoms with Gasteiger partial charge < -0.3 is 9.84 Å². The van der Waals surface area contributed by atoms with Gasteiger partial charge in [-0.2, -0.15) is 0 Å². The second-order valence-corrected chi connectivity index (χ2v) is 2.76. The summed E-state index contributed by atoms with van der Waals surface area (Å²) in [5.74, 6) is -0.849. The van der Waals surface area contributed by atoms with Crippen LogP contribution < -0.4 is 0 Å². The summed E-state index contributed by atoms with van der Waals surface area (Å²) < 4.78 is 5.14. The molecular weight excluding hydrogens is 144 g/mol. The van der Waals surface area contributed by atoms with Crippen LogP contribution >= 0.6 is 0 Å². The van der Waals surface area contributed by atoms with Gasteiger partial charge in [0.2, 0.25) is 0 Å². The fourth-order valence-corrected chi connectivity index (χ4v) is 0.987. The van der Waals surface area contributed by atoms with Crippen molar-refractivity contribution in [2.24, 2.45) is 0 Å². The van der Waals surface area contributed by atoms with Gasteiger partial charge in [-0.05, 0) is 19.4 Å². The number of aliphatic carboxylic acids is 1. The van der Waals surface area contributed by atoms with Gasteiger partial charge in [0.1, 0.15) is 0 Å². The highest BCUT2D eigenvalue weighted by Gasteiger charge is 2.22. The first-order valence-electron chi connectivity index (χ1n) is 3.65. The van der Waals surface area contributed by atoms with Crippen LogP contribution in [0.4, 0.5) is 0 Å². The molecule has 0 saturated carbocycles. The minimum absolute atomic E-state index is 0.0612. The number of hydrogen-bond donors (Lipinski definition) is 1. The van der Waals surface area contributed by atoms with Crippen LogP contribution in [-0.2, 0) is 9.53 Å². The molecule has 3 nitrogen and oxygen atoms in total. The van der Waals surface area contributed by atoms with Gasteiger partial charge in [-0.25, -0.2) is 4.79 Å². The molecular formula is C8H12O3. The summed E-state index contributed by atoms with van der Waals surface area (Å²) >= 11 is 0. The van der Waals surface area contributed by atoms with Gasteiger partial charge >= 0.3 is 5.97 Å². The predicted octanol–water partition coefficient (Wildman–Crippen LogP) is 1.20. The van der Waals surface area contributed by atoms with Crippen molar-refractivity contribution < 1.29 is 14.6 Å². The minimum Gasteiger partial charge on any atom is -0.478 e. The summed E-state index contributed by atoms with van der Waals surface area (Å²) in [5, 5.41) is 8.61. The van der Waals surface area contributed by atoms with Crippen LogP contribution in [0, 0.1) is 0 Å². The summed E-state index contributed by atoms with van der Waals surface area (Å²) in [7, 11) is 0. The van der Waals surface area contributed by atoms with Gasteiger partial charge in [-0.15, -0.1) is 0 Å². The van der Waals surface area contributed by atoms with E-state index in [1.54, 1.807) is 6.92 Å². The van der Waals surface area contributed by atoms with E-state index in [-0.39, 0.29) is 6.10 Å². The van der Waals surface area contributed by atoms with E-state index >= 15 is 0 Å². The minimum atomic E-state index is -0.849. The van der Waals surface area contributed by atoms with Crippen molar-refractivity contribution >= 4 is 5.97 Å². The Morgan fingerprint density at radius 1 is 1.55 bits per heavy atom. The van der Waals surface area contributed by atoms with Crippen molar-refractivity contribution in [2.45, 2.75) is 26.4 Å². The lowest BCUT2D eigenvalue weighted by atomic mass is 10.0. The standard InChI is InChI=1S/C8H12O3/c1-5(6(2)8(9)10)7-3-4-11-7/h7H,3-4H2,1-2H3,(H,9,10). The Morgan fingerprint density at radius 2 is 2.09 bits per heavy atom. The number of rotatable bonds is 2. The molecule has 0 aromatic carbocycles. The molecule has 0 radical (unpaired) electrons. The molecule has 1 fully saturated rings. The highest BCUT2D eigenvalue weighted by Crippen LogP contribution is 2.21. The first-order chi connectivity index (χ1) is 5.13. The number of carbonyl (C=O) groups is 1. The van der Waals surface area contributed by atoms with Gasteiger partial charge in [0, 0.05) is 12.0 Å². The van der Waals surface area contributed by atoms with E-state index < -0.39 is 5.97 Å². The van der Waals surface area contributed by atoms with E-state index in [1.807, 2.05) is 6.92 Å². The van der Waals surface area contributed by atoms with E-state index in [4.69, 9.17) is 9.84 Å². The van der Waals surface area contributed by atoms with Crippen LogP contribution in [0.3, 0.4) is 0 Å². The van der Waals surface area contributed by atoms with E-state index in [0.29, 0.717) is 5.57 Å². The third kappa shape index (κ3) is 1.60. The predicted molar refractivity (Wildman–Crippen MR) is 40.4 cm³/mol. The summed E-state index contributed by atoms with van der Waals surface area (Å²) in [6, 6.07) is 0. The molecule has 0 aromatic rings. The summed E-state index contributed by atoms with van der Waals surface area (Å²) in [5.41, 5.74) is 1.26. The zero-order valence-electron chi connectivity index (χ0n) is 6.76. The average Bonchev–Trinajstić information content (AvgIpc) is 1.82. The summed E-state index contributed by atoms with van der Waals surface area (Å²) in [6.45, 7) is 4.18. The van der Waals surface area contributed by atoms with Crippen LogP contribution in [0.15, 0.2) is 11.1 Å². The van der Waals surface area contributed by atoms with Crippen molar-refractivity contribution in [3.05, 3.63) is 11.1 Å². The van der Waals surface area contributed by atoms with Gasteiger partial charge in [0.15, 0.2) is 0 Å². The maximum atomic E-state index is 10.5. The molecule has 1 rings (SSSR count). The maximum absolute atomic E-state index is 10.5. The van der Waals surface area contributed by atoms with Crippen LogP contribution in [-0.4, -0.2) is 23.8 Å². The van der Waals surface area contributed by atoms with Crippen LogP contribution in [0.2, 0.25) is 0 Å². The Labute approximate surface area is 65.7 Å². The largest absolute Gasteiger partial charge is 0.478 e. The molecule has 11 heavy (non-hydrogen) atoms. The summed E-state index contributed by atoms with van der Waals surface area (Å²) in [6.07, 6.45) is 1.02. The highest BCUT2D eigenvalue weighted by atomic mass is 16.5. The second-order valence-electron chi connectivity index (χ2n) is 2.76. The smallest absolute Gasteiger partial charge is 0.331 e. The average molecular weight is 156 g/mol. The Morgan fingerprint density at radius 3 is 2.36 bits per heavy atom. The fourth-order valence-electron chi connectivity index (χ4n) is 0.987.